The number of nitrogens with one attached hydrogen (secondary N) is 1. The van der Waals surface area contributed by atoms with Gasteiger partial charge in [0.05, 0.1) is 4.88 Å². The summed E-state index contributed by atoms with van der Waals surface area (Å²) in [6.45, 7) is 1.51. The fourth-order valence-corrected chi connectivity index (χ4v) is 3.13. The molecule has 0 saturated heterocycles. The number of anilines is 1. The fraction of sp³-hybridized carbons (Fsp3) is 0.0526. The Morgan fingerprint density at radius 2 is 1.70 bits per heavy atom. The predicted octanol–water partition coefficient (Wildman–Crippen LogP) is 4.87. The molecule has 1 amide bonds. The van der Waals surface area contributed by atoms with Crippen LogP contribution in [0.15, 0.2) is 66.7 Å². The number of rotatable bonds is 4. The van der Waals surface area contributed by atoms with E-state index >= 15 is 0 Å². The van der Waals surface area contributed by atoms with E-state index in [-0.39, 0.29) is 11.7 Å². The first kappa shape index (κ1) is 15.2. The molecule has 1 heterocycles. The Labute approximate surface area is 138 Å². The minimum absolute atomic E-state index is 0.0245. The number of hydrogen-bond donors (Lipinski definition) is 1. The largest absolute Gasteiger partial charge is 0.321 e. The summed E-state index contributed by atoms with van der Waals surface area (Å²) in [5.74, 6) is -0.193. The molecule has 0 spiro atoms. The molecule has 2 aromatic carbocycles. The highest BCUT2D eigenvalue weighted by molar-refractivity contribution is 7.17. The van der Waals surface area contributed by atoms with E-state index < -0.39 is 0 Å². The smallest absolute Gasteiger partial charge is 0.265 e. The highest BCUT2D eigenvalue weighted by Gasteiger charge is 2.11. The van der Waals surface area contributed by atoms with Crippen molar-refractivity contribution >= 4 is 28.7 Å². The highest BCUT2D eigenvalue weighted by Crippen LogP contribution is 2.28. The maximum absolute atomic E-state index is 12.4. The number of carbonyl (C=O) groups is 2. The number of amides is 1. The zero-order valence-electron chi connectivity index (χ0n) is 12.6. The van der Waals surface area contributed by atoms with E-state index in [2.05, 4.69) is 5.32 Å². The van der Waals surface area contributed by atoms with Crippen molar-refractivity contribution in [3.63, 3.8) is 0 Å². The van der Waals surface area contributed by atoms with Gasteiger partial charge in [0.1, 0.15) is 0 Å². The number of hydrogen-bond acceptors (Lipinski definition) is 3. The molecule has 114 valence electrons. The van der Waals surface area contributed by atoms with E-state index in [1.54, 1.807) is 24.3 Å². The molecule has 3 nitrogen and oxygen atoms in total. The second kappa shape index (κ2) is 6.58. The molecule has 3 aromatic rings. The van der Waals surface area contributed by atoms with Crippen LogP contribution in [0.2, 0.25) is 0 Å². The molecule has 0 fully saturated rings. The van der Waals surface area contributed by atoms with Gasteiger partial charge in [-0.1, -0.05) is 42.5 Å². The first-order valence-corrected chi connectivity index (χ1v) is 8.03. The van der Waals surface area contributed by atoms with Crippen LogP contribution in [-0.4, -0.2) is 11.7 Å². The van der Waals surface area contributed by atoms with Gasteiger partial charge in [-0.05, 0) is 36.8 Å². The normalized spacial score (nSPS) is 10.3. The Morgan fingerprint density at radius 3 is 2.43 bits per heavy atom. The van der Waals surface area contributed by atoms with Crippen molar-refractivity contribution in [2.45, 2.75) is 6.92 Å². The average molecular weight is 321 g/mol. The average Bonchev–Trinajstić information content (AvgIpc) is 3.06. The molecule has 1 N–H and O–H groups in total. The lowest BCUT2D eigenvalue weighted by atomic mass is 10.1. The lowest BCUT2D eigenvalue weighted by Gasteiger charge is -2.05. The standard InChI is InChI=1S/C19H15NO2S/c1-13(21)15-8-5-9-16(12-15)20-19(22)18-11-10-17(23-18)14-6-3-2-4-7-14/h2-12H,1H3,(H,20,22). The van der Waals surface area contributed by atoms with Crippen LogP contribution in [0.4, 0.5) is 5.69 Å². The number of benzene rings is 2. The minimum Gasteiger partial charge on any atom is -0.321 e. The second-order valence-electron chi connectivity index (χ2n) is 5.12. The third-order valence-electron chi connectivity index (χ3n) is 3.42. The van der Waals surface area contributed by atoms with E-state index in [1.165, 1.54) is 18.3 Å². The summed E-state index contributed by atoms with van der Waals surface area (Å²) in [6, 6.07) is 20.7. The topological polar surface area (TPSA) is 46.2 Å². The van der Waals surface area contributed by atoms with Gasteiger partial charge in [0.2, 0.25) is 0 Å². The van der Waals surface area contributed by atoms with E-state index in [0.29, 0.717) is 16.1 Å². The van der Waals surface area contributed by atoms with E-state index in [9.17, 15) is 9.59 Å². The van der Waals surface area contributed by atoms with Crippen molar-refractivity contribution in [1.29, 1.82) is 0 Å². The van der Waals surface area contributed by atoms with Crippen LogP contribution >= 0.6 is 11.3 Å². The summed E-state index contributed by atoms with van der Waals surface area (Å²) >= 11 is 1.44. The second-order valence-corrected chi connectivity index (χ2v) is 6.20. The molecule has 23 heavy (non-hydrogen) atoms. The van der Waals surface area contributed by atoms with Gasteiger partial charge in [-0.2, -0.15) is 0 Å². The van der Waals surface area contributed by atoms with Crippen LogP contribution in [0.25, 0.3) is 10.4 Å². The Balaban J connectivity index is 1.78. The molecule has 4 heteroatoms. The molecule has 0 bridgehead atoms. The third-order valence-corrected chi connectivity index (χ3v) is 4.55. The minimum atomic E-state index is -0.169. The van der Waals surface area contributed by atoms with E-state index in [4.69, 9.17) is 0 Å². The SMILES string of the molecule is CC(=O)c1cccc(NC(=O)c2ccc(-c3ccccc3)s2)c1. The number of ketones is 1. The summed E-state index contributed by atoms with van der Waals surface area (Å²) in [6.07, 6.45) is 0. The lowest BCUT2D eigenvalue weighted by Crippen LogP contribution is -2.10. The van der Waals surface area contributed by atoms with Crippen molar-refractivity contribution in [3.05, 3.63) is 77.2 Å². The maximum Gasteiger partial charge on any atom is 0.265 e. The van der Waals surface area contributed by atoms with Crippen molar-refractivity contribution < 1.29 is 9.59 Å². The fourth-order valence-electron chi connectivity index (χ4n) is 2.23. The van der Waals surface area contributed by atoms with E-state index in [0.717, 1.165) is 10.4 Å². The number of carbonyl (C=O) groups excluding carboxylic acids is 2. The van der Waals surface area contributed by atoms with Gasteiger partial charge in [0.25, 0.3) is 5.91 Å². The van der Waals surface area contributed by atoms with Gasteiger partial charge in [0, 0.05) is 16.1 Å². The van der Waals surface area contributed by atoms with Gasteiger partial charge in [-0.25, -0.2) is 0 Å². The van der Waals surface area contributed by atoms with Gasteiger partial charge in [0.15, 0.2) is 5.78 Å². The summed E-state index contributed by atoms with van der Waals surface area (Å²) < 4.78 is 0. The monoisotopic (exact) mass is 321 g/mol. The quantitative estimate of drug-likeness (QED) is 0.697. The number of thiophene rings is 1. The molecule has 0 atom stereocenters. The van der Waals surface area contributed by atoms with Gasteiger partial charge in [-0.3, -0.25) is 9.59 Å². The zero-order chi connectivity index (χ0) is 16.2. The lowest BCUT2D eigenvalue weighted by molar-refractivity contribution is 0.101. The van der Waals surface area contributed by atoms with Crippen LogP contribution in [0.3, 0.4) is 0 Å². The summed E-state index contributed by atoms with van der Waals surface area (Å²) in [5.41, 5.74) is 2.30. The molecule has 0 aliphatic heterocycles. The molecule has 0 aliphatic rings. The first-order chi connectivity index (χ1) is 11.1. The maximum atomic E-state index is 12.4. The molecule has 0 radical (unpaired) electrons. The zero-order valence-corrected chi connectivity index (χ0v) is 13.4. The third kappa shape index (κ3) is 3.55. The van der Waals surface area contributed by atoms with E-state index in [1.807, 2.05) is 42.5 Å². The van der Waals surface area contributed by atoms with Crippen molar-refractivity contribution in [2.24, 2.45) is 0 Å². The first-order valence-electron chi connectivity index (χ1n) is 7.21. The molecule has 0 aliphatic carbocycles. The summed E-state index contributed by atoms with van der Waals surface area (Å²) in [4.78, 5) is 25.4. The van der Waals surface area contributed by atoms with Gasteiger partial charge in [-0.15, -0.1) is 11.3 Å². The summed E-state index contributed by atoms with van der Waals surface area (Å²) in [7, 11) is 0. The van der Waals surface area contributed by atoms with Crippen LogP contribution in [0.1, 0.15) is 27.0 Å². The number of Topliss-reactive ketones (excluding diaryl/α,β-unsaturated/α-hetero) is 1. The van der Waals surface area contributed by atoms with Gasteiger partial charge < -0.3 is 5.32 Å². The van der Waals surface area contributed by atoms with Crippen molar-refractivity contribution in [1.82, 2.24) is 0 Å². The summed E-state index contributed by atoms with van der Waals surface area (Å²) in [5, 5.41) is 2.84. The molecule has 1 aromatic heterocycles. The molecule has 0 unspecified atom stereocenters. The highest BCUT2D eigenvalue weighted by atomic mass is 32.1. The Bertz CT molecular complexity index is 853. The molecule has 3 rings (SSSR count). The van der Waals surface area contributed by atoms with Crippen LogP contribution in [0, 0.1) is 0 Å². The van der Waals surface area contributed by atoms with Crippen LogP contribution in [0.5, 0.6) is 0 Å². The van der Waals surface area contributed by atoms with Crippen LogP contribution in [-0.2, 0) is 0 Å². The Kier molecular flexibility index (Phi) is 4.35. The van der Waals surface area contributed by atoms with Crippen LogP contribution < -0.4 is 5.32 Å². The van der Waals surface area contributed by atoms with Crippen molar-refractivity contribution in [2.75, 3.05) is 5.32 Å². The predicted molar refractivity (Wildman–Crippen MR) is 94.2 cm³/mol. The molecule has 0 saturated carbocycles. The Morgan fingerprint density at radius 1 is 0.913 bits per heavy atom. The van der Waals surface area contributed by atoms with Crippen molar-refractivity contribution in [3.8, 4) is 10.4 Å². The van der Waals surface area contributed by atoms with Gasteiger partial charge >= 0.3 is 0 Å². The Hall–Kier alpha value is -2.72. The molecular weight excluding hydrogens is 306 g/mol. The molecular formula is C19H15NO2S.